The molecular formula is C11H24N2O5S. The predicted octanol–water partition coefficient (Wildman–Crippen LogP) is -1.13. The van der Waals surface area contributed by atoms with Gasteiger partial charge in [0.25, 0.3) is 0 Å². The van der Waals surface area contributed by atoms with E-state index < -0.39 is 18.1 Å². The maximum Gasteiger partial charge on any atom is 0.320 e. The molecule has 0 aromatic carbocycles. The van der Waals surface area contributed by atoms with Crippen molar-refractivity contribution in [2.75, 3.05) is 44.5 Å². The number of hydrogen-bond acceptors (Lipinski definition) is 7. The smallest absolute Gasteiger partial charge is 0.320 e. The first kappa shape index (κ1) is 18.6. The van der Waals surface area contributed by atoms with Crippen LogP contribution < -0.4 is 11.5 Å². The zero-order valence-electron chi connectivity index (χ0n) is 11.0. The number of aliphatic hydroxyl groups excluding tert-OH is 1. The van der Waals surface area contributed by atoms with Crippen LogP contribution in [0.1, 0.15) is 6.42 Å². The van der Waals surface area contributed by atoms with Gasteiger partial charge in [0.2, 0.25) is 0 Å². The number of carboxylic acids is 1. The molecule has 0 heterocycles. The molecule has 114 valence electrons. The molecule has 0 rings (SSSR count). The van der Waals surface area contributed by atoms with Crippen molar-refractivity contribution in [3.05, 3.63) is 0 Å². The lowest BCUT2D eigenvalue weighted by molar-refractivity contribution is -0.138. The van der Waals surface area contributed by atoms with Crippen LogP contribution in [0.3, 0.4) is 0 Å². The molecular weight excluding hydrogens is 272 g/mol. The van der Waals surface area contributed by atoms with E-state index in [1.807, 2.05) is 0 Å². The number of rotatable bonds is 13. The Morgan fingerprint density at radius 2 is 1.95 bits per heavy atom. The standard InChI is InChI=1S/C11H24N2O5S/c12-2-3-17-4-5-18-7-9(14)8-19-6-1-10(13)11(15)16/h9-10,14H,1-8,12-13H2,(H,15,16)/t9?,10-/m0/s1. The van der Waals surface area contributed by atoms with Gasteiger partial charge >= 0.3 is 5.97 Å². The topological polar surface area (TPSA) is 128 Å². The molecule has 0 aliphatic rings. The zero-order chi connectivity index (χ0) is 14.5. The highest BCUT2D eigenvalue weighted by Crippen LogP contribution is 2.06. The number of carbonyl (C=O) groups is 1. The van der Waals surface area contributed by atoms with E-state index in [-0.39, 0.29) is 6.61 Å². The van der Waals surface area contributed by atoms with Gasteiger partial charge in [-0.15, -0.1) is 0 Å². The second-order valence-corrected chi connectivity index (χ2v) is 5.09. The van der Waals surface area contributed by atoms with Gasteiger partial charge in [0, 0.05) is 12.3 Å². The van der Waals surface area contributed by atoms with E-state index in [4.69, 9.17) is 26.0 Å². The number of aliphatic hydroxyl groups is 1. The number of carboxylic acid groups (broad SMARTS) is 1. The first-order valence-electron chi connectivity index (χ1n) is 6.17. The summed E-state index contributed by atoms with van der Waals surface area (Å²) in [6, 6.07) is -0.833. The van der Waals surface area contributed by atoms with Crippen LogP contribution >= 0.6 is 11.8 Å². The minimum Gasteiger partial charge on any atom is -0.480 e. The van der Waals surface area contributed by atoms with Crippen molar-refractivity contribution in [3.8, 4) is 0 Å². The van der Waals surface area contributed by atoms with Crippen LogP contribution in [0, 0.1) is 0 Å². The molecule has 0 saturated carbocycles. The lowest BCUT2D eigenvalue weighted by Crippen LogP contribution is -2.30. The van der Waals surface area contributed by atoms with Gasteiger partial charge in [0.1, 0.15) is 6.04 Å². The summed E-state index contributed by atoms with van der Waals surface area (Å²) >= 11 is 1.46. The largest absolute Gasteiger partial charge is 0.480 e. The molecule has 1 unspecified atom stereocenters. The molecule has 2 atom stereocenters. The van der Waals surface area contributed by atoms with Gasteiger partial charge in [-0.25, -0.2) is 0 Å². The molecule has 7 nitrogen and oxygen atoms in total. The van der Waals surface area contributed by atoms with Gasteiger partial charge in [0.05, 0.1) is 32.5 Å². The Morgan fingerprint density at radius 1 is 1.26 bits per heavy atom. The third-order valence-corrected chi connectivity index (χ3v) is 3.29. The van der Waals surface area contributed by atoms with Gasteiger partial charge < -0.3 is 31.2 Å². The summed E-state index contributed by atoms with van der Waals surface area (Å²) in [6.45, 7) is 2.11. The van der Waals surface area contributed by atoms with Crippen molar-refractivity contribution < 1.29 is 24.5 Å². The highest BCUT2D eigenvalue weighted by Gasteiger charge is 2.11. The summed E-state index contributed by atoms with van der Waals surface area (Å²) in [5.41, 5.74) is 10.6. The Morgan fingerprint density at radius 3 is 2.58 bits per heavy atom. The van der Waals surface area contributed by atoms with Crippen LogP contribution in [0.15, 0.2) is 0 Å². The maximum absolute atomic E-state index is 10.5. The van der Waals surface area contributed by atoms with Crippen LogP contribution in [-0.2, 0) is 14.3 Å². The summed E-state index contributed by atoms with van der Waals surface area (Å²) in [5, 5.41) is 18.1. The molecule has 0 radical (unpaired) electrons. The second kappa shape index (κ2) is 12.6. The van der Waals surface area contributed by atoms with Crippen molar-refractivity contribution in [1.82, 2.24) is 0 Å². The molecule has 0 aliphatic heterocycles. The molecule has 8 heteroatoms. The van der Waals surface area contributed by atoms with Crippen molar-refractivity contribution in [1.29, 1.82) is 0 Å². The molecule has 6 N–H and O–H groups in total. The number of hydrogen-bond donors (Lipinski definition) is 4. The van der Waals surface area contributed by atoms with Crippen LogP contribution in [0.5, 0.6) is 0 Å². The highest BCUT2D eigenvalue weighted by atomic mass is 32.2. The van der Waals surface area contributed by atoms with E-state index in [2.05, 4.69) is 0 Å². The highest BCUT2D eigenvalue weighted by molar-refractivity contribution is 7.99. The SMILES string of the molecule is NCCOCCOCC(O)CSCC[C@H](N)C(=O)O. The minimum atomic E-state index is -0.998. The molecule has 0 spiro atoms. The monoisotopic (exact) mass is 296 g/mol. The predicted molar refractivity (Wildman–Crippen MR) is 74.3 cm³/mol. The Labute approximate surface area is 117 Å². The fraction of sp³-hybridized carbons (Fsp3) is 0.909. The van der Waals surface area contributed by atoms with Crippen molar-refractivity contribution in [2.45, 2.75) is 18.6 Å². The lowest BCUT2D eigenvalue weighted by atomic mass is 10.2. The molecule has 0 saturated heterocycles. The fourth-order valence-corrected chi connectivity index (χ4v) is 2.08. The average molecular weight is 296 g/mol. The summed E-state index contributed by atoms with van der Waals surface area (Å²) < 4.78 is 10.3. The van der Waals surface area contributed by atoms with Crippen LogP contribution in [0.2, 0.25) is 0 Å². The van der Waals surface area contributed by atoms with E-state index in [9.17, 15) is 9.90 Å². The normalized spacial score (nSPS) is 14.3. The lowest BCUT2D eigenvalue weighted by Gasteiger charge is -2.11. The van der Waals surface area contributed by atoms with Gasteiger partial charge in [-0.2, -0.15) is 11.8 Å². The van der Waals surface area contributed by atoms with Crippen molar-refractivity contribution in [2.24, 2.45) is 11.5 Å². The van der Waals surface area contributed by atoms with Gasteiger partial charge in [-0.05, 0) is 12.2 Å². The van der Waals surface area contributed by atoms with Gasteiger partial charge in [-0.3, -0.25) is 4.79 Å². The van der Waals surface area contributed by atoms with Crippen LogP contribution in [0.4, 0.5) is 0 Å². The number of nitrogens with two attached hydrogens (primary N) is 2. The third-order valence-electron chi connectivity index (χ3n) is 2.15. The molecule has 0 aliphatic carbocycles. The molecule has 0 fully saturated rings. The van der Waals surface area contributed by atoms with Gasteiger partial charge in [-0.1, -0.05) is 0 Å². The summed E-state index contributed by atoms with van der Waals surface area (Å²) in [6.07, 6.45) is -0.180. The van der Waals surface area contributed by atoms with E-state index in [1.54, 1.807) is 0 Å². The fourth-order valence-electron chi connectivity index (χ4n) is 1.12. The zero-order valence-corrected chi connectivity index (χ0v) is 11.8. The van der Waals surface area contributed by atoms with Crippen LogP contribution in [0.25, 0.3) is 0 Å². The van der Waals surface area contributed by atoms with E-state index in [0.29, 0.717) is 44.3 Å². The Bertz CT molecular complexity index is 233. The van der Waals surface area contributed by atoms with Crippen molar-refractivity contribution in [3.63, 3.8) is 0 Å². The van der Waals surface area contributed by atoms with Crippen LogP contribution in [-0.4, -0.2) is 72.8 Å². The summed E-state index contributed by atoms with van der Waals surface area (Å²) in [5.74, 6) is 0.0992. The molecule has 0 bridgehead atoms. The first-order valence-corrected chi connectivity index (χ1v) is 7.33. The number of ether oxygens (including phenoxy) is 2. The minimum absolute atomic E-state index is 0.240. The Kier molecular flexibility index (Phi) is 12.4. The first-order chi connectivity index (χ1) is 9.07. The third kappa shape index (κ3) is 12.4. The van der Waals surface area contributed by atoms with Crippen molar-refractivity contribution >= 4 is 17.7 Å². The van der Waals surface area contributed by atoms with E-state index >= 15 is 0 Å². The average Bonchev–Trinajstić information content (AvgIpc) is 2.38. The molecule has 0 amide bonds. The quantitative estimate of drug-likeness (QED) is 0.314. The van der Waals surface area contributed by atoms with E-state index in [0.717, 1.165) is 0 Å². The second-order valence-electron chi connectivity index (χ2n) is 3.94. The Hall–Kier alpha value is -0.380. The number of thioether (sulfide) groups is 1. The summed E-state index contributed by atoms with van der Waals surface area (Å²) in [4.78, 5) is 10.5. The Balaban J connectivity index is 3.30. The van der Waals surface area contributed by atoms with Gasteiger partial charge in [0.15, 0.2) is 0 Å². The molecule has 0 aromatic rings. The number of aliphatic carboxylic acids is 1. The molecule has 0 aromatic heterocycles. The molecule has 19 heavy (non-hydrogen) atoms. The summed E-state index contributed by atoms with van der Waals surface area (Å²) in [7, 11) is 0. The maximum atomic E-state index is 10.5. The van der Waals surface area contributed by atoms with E-state index in [1.165, 1.54) is 11.8 Å².